The molecule has 0 bridgehead atoms. The van der Waals surface area contributed by atoms with Gasteiger partial charge in [0.25, 0.3) is 0 Å². The summed E-state index contributed by atoms with van der Waals surface area (Å²) in [6, 6.07) is 17.2. The van der Waals surface area contributed by atoms with Gasteiger partial charge < -0.3 is 15.4 Å². The number of benzene rings is 2. The zero-order valence-electron chi connectivity index (χ0n) is 20.8. The van der Waals surface area contributed by atoms with Gasteiger partial charge in [-0.3, -0.25) is 19.1 Å². The smallest absolute Gasteiger partial charge is 0.239 e. The highest BCUT2D eigenvalue weighted by Gasteiger charge is 2.21. The van der Waals surface area contributed by atoms with Crippen molar-refractivity contribution in [3.8, 4) is 17.5 Å². The van der Waals surface area contributed by atoms with E-state index < -0.39 is 0 Å². The molecule has 0 saturated carbocycles. The Morgan fingerprint density at radius 1 is 1.03 bits per heavy atom. The van der Waals surface area contributed by atoms with Crippen molar-refractivity contribution in [3.63, 3.8) is 0 Å². The fourth-order valence-corrected chi connectivity index (χ4v) is 3.97. The number of amides is 2. The van der Waals surface area contributed by atoms with Gasteiger partial charge in [0.2, 0.25) is 11.8 Å². The number of ether oxygens (including phenoxy) is 1. The predicted octanol–water partition coefficient (Wildman–Crippen LogP) is 4.05. The van der Waals surface area contributed by atoms with Crippen LogP contribution in [-0.2, 0) is 16.0 Å². The molecule has 8 nitrogen and oxygen atoms in total. The summed E-state index contributed by atoms with van der Waals surface area (Å²) in [5.41, 5.74) is 4.68. The quantitative estimate of drug-likeness (QED) is 0.489. The molecule has 0 spiro atoms. The monoisotopic (exact) mass is 473 g/mol. The van der Waals surface area contributed by atoms with E-state index in [4.69, 9.17) is 4.74 Å². The molecule has 8 heteroatoms. The number of rotatable bonds is 9. The first-order valence-electron chi connectivity index (χ1n) is 11.4. The minimum absolute atomic E-state index is 0.0143. The molecule has 2 N–H and O–H groups in total. The Labute approximate surface area is 206 Å². The van der Waals surface area contributed by atoms with Gasteiger partial charge in [-0.05, 0) is 68.8 Å². The molecule has 0 saturated heterocycles. The van der Waals surface area contributed by atoms with Crippen LogP contribution in [0.15, 0.2) is 48.5 Å². The number of aromatic nitrogens is 1. The molecular formula is C27H31N5O3. The lowest BCUT2D eigenvalue weighted by atomic mass is 10.1. The van der Waals surface area contributed by atoms with E-state index >= 15 is 0 Å². The summed E-state index contributed by atoms with van der Waals surface area (Å²) in [6.07, 6.45) is 0.808. The van der Waals surface area contributed by atoms with Crippen LogP contribution >= 0.6 is 0 Å². The van der Waals surface area contributed by atoms with Crippen molar-refractivity contribution < 1.29 is 14.3 Å². The number of likely N-dealkylation sites (N-methyl/N-ethyl adjacent to an activating group) is 1. The van der Waals surface area contributed by atoms with E-state index in [9.17, 15) is 14.9 Å². The van der Waals surface area contributed by atoms with Crippen LogP contribution in [0.2, 0.25) is 0 Å². The minimum Gasteiger partial charge on any atom is -0.497 e. The van der Waals surface area contributed by atoms with Gasteiger partial charge in [0, 0.05) is 17.1 Å². The lowest BCUT2D eigenvalue weighted by Gasteiger charge is -2.18. The fourth-order valence-electron chi connectivity index (χ4n) is 3.97. The second kappa shape index (κ2) is 11.4. The van der Waals surface area contributed by atoms with Crippen LogP contribution < -0.4 is 15.4 Å². The van der Waals surface area contributed by atoms with E-state index in [1.54, 1.807) is 19.1 Å². The Balaban J connectivity index is 1.73. The van der Waals surface area contributed by atoms with Gasteiger partial charge in [0.1, 0.15) is 17.6 Å². The third-order valence-electron chi connectivity index (χ3n) is 5.91. The largest absolute Gasteiger partial charge is 0.497 e. The van der Waals surface area contributed by atoms with Crippen LogP contribution in [0.25, 0.3) is 5.69 Å². The van der Waals surface area contributed by atoms with Crippen LogP contribution in [0, 0.1) is 25.2 Å². The number of methoxy groups -OCH3 is 1. The third-order valence-corrected chi connectivity index (χ3v) is 5.91. The maximum Gasteiger partial charge on any atom is 0.239 e. The summed E-state index contributed by atoms with van der Waals surface area (Å²) in [7, 11) is 3.30. The molecule has 35 heavy (non-hydrogen) atoms. The molecule has 1 heterocycles. The van der Waals surface area contributed by atoms with Crippen LogP contribution in [0.1, 0.15) is 29.3 Å². The molecule has 182 valence electrons. The summed E-state index contributed by atoms with van der Waals surface area (Å²) in [5.74, 6) is 0.598. The van der Waals surface area contributed by atoms with Crippen molar-refractivity contribution in [2.45, 2.75) is 27.2 Å². The van der Waals surface area contributed by atoms with Gasteiger partial charge in [0.05, 0.1) is 25.8 Å². The lowest BCUT2D eigenvalue weighted by molar-refractivity contribution is -0.119. The van der Waals surface area contributed by atoms with Crippen molar-refractivity contribution in [2.75, 3.05) is 37.9 Å². The molecule has 2 amide bonds. The van der Waals surface area contributed by atoms with Gasteiger partial charge in [-0.2, -0.15) is 5.26 Å². The summed E-state index contributed by atoms with van der Waals surface area (Å²) >= 11 is 0. The zero-order valence-corrected chi connectivity index (χ0v) is 20.8. The molecule has 0 atom stereocenters. The standard InChI is InChI=1S/C27H31N5O3/c1-6-20-9-7-8-10-24(20)29-25(33)16-31(4)17-26(34)30-27-23(15-28)18(2)19(3)32(27)21-11-13-22(35-5)14-12-21/h7-14H,6,16-17H2,1-5H3,(H,29,33)(H,30,34). The van der Waals surface area contributed by atoms with Crippen LogP contribution in [0.3, 0.4) is 0 Å². The summed E-state index contributed by atoms with van der Waals surface area (Å²) < 4.78 is 7.08. The van der Waals surface area contributed by atoms with E-state index in [1.807, 2.05) is 73.9 Å². The maximum absolute atomic E-state index is 12.9. The lowest BCUT2D eigenvalue weighted by Crippen LogP contribution is -2.36. The molecule has 0 unspecified atom stereocenters. The van der Waals surface area contributed by atoms with Crippen LogP contribution in [0.4, 0.5) is 11.5 Å². The van der Waals surface area contributed by atoms with E-state index in [1.165, 1.54) is 0 Å². The van der Waals surface area contributed by atoms with Crippen LogP contribution in [0.5, 0.6) is 5.75 Å². The minimum atomic E-state index is -0.321. The number of para-hydroxylation sites is 1. The highest BCUT2D eigenvalue weighted by Crippen LogP contribution is 2.30. The molecule has 2 aromatic carbocycles. The zero-order chi connectivity index (χ0) is 25.5. The van der Waals surface area contributed by atoms with E-state index in [0.717, 1.165) is 34.6 Å². The number of aryl methyl sites for hydroxylation is 1. The Hall–Kier alpha value is -4.09. The maximum atomic E-state index is 12.9. The first kappa shape index (κ1) is 25.5. The molecular weight excluding hydrogens is 442 g/mol. The van der Waals surface area contributed by atoms with Gasteiger partial charge in [0.15, 0.2) is 0 Å². The van der Waals surface area contributed by atoms with Crippen LogP contribution in [-0.4, -0.2) is 48.5 Å². The predicted molar refractivity (Wildman–Crippen MR) is 137 cm³/mol. The van der Waals surface area contributed by atoms with Gasteiger partial charge >= 0.3 is 0 Å². The molecule has 3 rings (SSSR count). The normalized spacial score (nSPS) is 10.7. The van der Waals surface area contributed by atoms with Crippen molar-refractivity contribution in [1.29, 1.82) is 5.26 Å². The molecule has 0 radical (unpaired) electrons. The number of anilines is 2. The van der Waals surface area contributed by atoms with Crippen molar-refractivity contribution >= 4 is 23.3 Å². The molecule has 0 aliphatic heterocycles. The number of hydrogen-bond donors (Lipinski definition) is 2. The molecule has 0 aliphatic carbocycles. The summed E-state index contributed by atoms with van der Waals surface area (Å²) in [5, 5.41) is 15.6. The third kappa shape index (κ3) is 5.89. The number of nitrogens with zero attached hydrogens (tertiary/aromatic N) is 3. The highest BCUT2D eigenvalue weighted by atomic mass is 16.5. The highest BCUT2D eigenvalue weighted by molar-refractivity contribution is 5.95. The summed E-state index contributed by atoms with van der Waals surface area (Å²) in [6.45, 7) is 5.82. The Bertz CT molecular complexity index is 1260. The number of nitrogens with one attached hydrogen (secondary N) is 2. The second-order valence-corrected chi connectivity index (χ2v) is 8.36. The molecule has 0 aliphatic rings. The Kier molecular flexibility index (Phi) is 8.29. The SMILES string of the molecule is CCc1ccccc1NC(=O)CN(C)CC(=O)Nc1c(C#N)c(C)c(C)n1-c1ccc(OC)cc1. The Morgan fingerprint density at radius 3 is 2.26 bits per heavy atom. The van der Waals surface area contributed by atoms with Gasteiger partial charge in [-0.15, -0.1) is 0 Å². The molecule has 3 aromatic rings. The first-order valence-corrected chi connectivity index (χ1v) is 11.4. The number of carbonyl (C=O) groups is 2. The first-order chi connectivity index (χ1) is 16.8. The van der Waals surface area contributed by atoms with E-state index in [-0.39, 0.29) is 24.9 Å². The molecule has 1 aromatic heterocycles. The average molecular weight is 474 g/mol. The van der Waals surface area contributed by atoms with E-state index in [0.29, 0.717) is 17.1 Å². The van der Waals surface area contributed by atoms with E-state index in [2.05, 4.69) is 16.7 Å². The molecule has 0 fully saturated rings. The van der Waals surface area contributed by atoms with Gasteiger partial charge in [-0.1, -0.05) is 25.1 Å². The number of carbonyl (C=O) groups excluding carboxylic acids is 2. The fraction of sp³-hybridized carbons (Fsp3) is 0.296. The topological polar surface area (TPSA) is 99.4 Å². The van der Waals surface area contributed by atoms with Crippen molar-refractivity contribution in [3.05, 3.63) is 70.9 Å². The van der Waals surface area contributed by atoms with Crippen molar-refractivity contribution in [1.82, 2.24) is 9.47 Å². The number of hydrogen-bond acceptors (Lipinski definition) is 5. The Morgan fingerprint density at radius 2 is 1.66 bits per heavy atom. The summed E-state index contributed by atoms with van der Waals surface area (Å²) in [4.78, 5) is 27.1. The average Bonchev–Trinajstić information content (AvgIpc) is 3.07. The van der Waals surface area contributed by atoms with Crippen molar-refractivity contribution in [2.24, 2.45) is 0 Å². The second-order valence-electron chi connectivity index (χ2n) is 8.36. The number of nitriles is 1. The van der Waals surface area contributed by atoms with Gasteiger partial charge in [-0.25, -0.2) is 0 Å².